The van der Waals surface area contributed by atoms with Crippen LogP contribution in [0.3, 0.4) is 0 Å². The lowest BCUT2D eigenvalue weighted by molar-refractivity contribution is -0.00621. The largest absolute Gasteiger partial charge is 0.508 e. The van der Waals surface area contributed by atoms with Crippen molar-refractivity contribution in [3.05, 3.63) is 131 Å². The summed E-state index contributed by atoms with van der Waals surface area (Å²) in [4.78, 5) is 22.3. The van der Waals surface area contributed by atoms with Gasteiger partial charge < -0.3 is 20.4 Å². The van der Waals surface area contributed by atoms with Crippen LogP contribution in [0.5, 0.6) is 11.5 Å². The Kier molecular flexibility index (Phi) is 8.71. The Hall–Kier alpha value is -5.62. The van der Waals surface area contributed by atoms with Crippen LogP contribution in [0.4, 0.5) is 0 Å². The van der Waals surface area contributed by atoms with Crippen LogP contribution in [0.15, 0.2) is 109 Å². The fourth-order valence-corrected chi connectivity index (χ4v) is 14.3. The van der Waals surface area contributed by atoms with Gasteiger partial charge in [-0.25, -0.2) is 9.59 Å². The highest BCUT2D eigenvalue weighted by Crippen LogP contribution is 2.63. The Bertz CT molecular complexity index is 2430. The molecule has 0 heterocycles. The Morgan fingerprint density at radius 3 is 0.983 bits per heavy atom. The van der Waals surface area contributed by atoms with E-state index in [1.807, 2.05) is 48.5 Å². The highest BCUT2D eigenvalue weighted by Gasteiger charge is 2.53. The monoisotopic (exact) mass is 796 g/mol. The molecule has 304 valence electrons. The molecule has 6 aromatic carbocycles. The third kappa shape index (κ3) is 6.45. The van der Waals surface area contributed by atoms with Crippen LogP contribution in [0, 0.1) is 35.5 Å². The zero-order valence-corrected chi connectivity index (χ0v) is 33.9. The van der Waals surface area contributed by atoms with Crippen molar-refractivity contribution in [2.24, 2.45) is 35.5 Å². The zero-order valence-electron chi connectivity index (χ0n) is 33.9. The Morgan fingerprint density at radius 1 is 0.383 bits per heavy atom. The van der Waals surface area contributed by atoms with Gasteiger partial charge in [-0.1, -0.05) is 48.5 Å². The van der Waals surface area contributed by atoms with Gasteiger partial charge in [0.1, 0.15) is 11.5 Å². The number of benzene rings is 6. The molecule has 0 amide bonds. The summed E-state index contributed by atoms with van der Waals surface area (Å²) < 4.78 is 0. The third-order valence-electron chi connectivity index (χ3n) is 16.1. The summed E-state index contributed by atoms with van der Waals surface area (Å²) in [5.41, 5.74) is 7.39. The highest BCUT2D eigenvalue weighted by molar-refractivity contribution is 5.92. The minimum Gasteiger partial charge on any atom is -0.508 e. The van der Waals surface area contributed by atoms with E-state index < -0.39 is 11.9 Å². The predicted octanol–water partition coefficient (Wildman–Crippen LogP) is 12.8. The van der Waals surface area contributed by atoms with E-state index in [1.54, 1.807) is 24.3 Å². The highest BCUT2D eigenvalue weighted by atomic mass is 16.4. The number of aromatic carboxylic acids is 2. The minimum absolute atomic E-state index is 0.159. The van der Waals surface area contributed by atoms with Crippen molar-refractivity contribution in [2.75, 3.05) is 0 Å². The number of phenols is 2. The molecule has 8 aliphatic rings. The van der Waals surface area contributed by atoms with Gasteiger partial charge >= 0.3 is 11.9 Å². The Labute approximate surface area is 350 Å². The van der Waals surface area contributed by atoms with E-state index in [0.717, 1.165) is 90.4 Å². The number of carbonyl (C=O) groups is 2. The zero-order chi connectivity index (χ0) is 40.9. The fraction of sp³-hybridized carbons (Fsp3) is 0.370. The van der Waals surface area contributed by atoms with E-state index in [2.05, 4.69) is 36.4 Å². The van der Waals surface area contributed by atoms with Crippen LogP contribution in [-0.2, 0) is 10.8 Å². The molecule has 0 aromatic heterocycles. The van der Waals surface area contributed by atoms with Crippen LogP contribution in [-0.4, -0.2) is 32.4 Å². The van der Waals surface area contributed by atoms with Gasteiger partial charge in [0.2, 0.25) is 0 Å². The smallest absolute Gasteiger partial charge is 0.335 e. The molecule has 0 aliphatic heterocycles. The summed E-state index contributed by atoms with van der Waals surface area (Å²) >= 11 is 0. The van der Waals surface area contributed by atoms with Gasteiger partial charge in [0.25, 0.3) is 0 Å². The van der Waals surface area contributed by atoms with Gasteiger partial charge in [-0.05, 0) is 228 Å². The molecule has 6 nitrogen and oxygen atoms in total. The summed E-state index contributed by atoms with van der Waals surface area (Å²) in [5.74, 6) is 4.14. The van der Waals surface area contributed by atoms with E-state index >= 15 is 0 Å². The van der Waals surface area contributed by atoms with Gasteiger partial charge in [0.15, 0.2) is 0 Å². The third-order valence-corrected chi connectivity index (χ3v) is 16.1. The lowest BCUT2D eigenvalue weighted by Gasteiger charge is -2.57. The number of carboxylic acids is 2. The van der Waals surface area contributed by atoms with Crippen molar-refractivity contribution in [3.8, 4) is 33.8 Å². The van der Waals surface area contributed by atoms with Gasteiger partial charge in [0, 0.05) is 11.1 Å². The molecule has 8 fully saturated rings. The van der Waals surface area contributed by atoms with E-state index in [-0.39, 0.29) is 10.8 Å². The number of hydrogen-bond acceptors (Lipinski definition) is 4. The minimum atomic E-state index is -0.907. The second-order valence-corrected chi connectivity index (χ2v) is 20.0. The maximum atomic E-state index is 11.1. The summed E-state index contributed by atoms with van der Waals surface area (Å²) in [6.45, 7) is 0. The fourth-order valence-electron chi connectivity index (χ4n) is 14.3. The molecule has 0 saturated heterocycles. The SMILES string of the molecule is O=C(O)c1ccc(-c2ccc3cc(O)c(C45CC6CC(CC(C6)C4)C5)cc3c2)cc1.O=C(O)c1ccc(-c2ccc3cc(O)c(C45CC6CC(CC(C6)C4)C5)cc3c2)cc1. The molecular weight excluding hydrogens is 745 g/mol. The molecule has 8 saturated carbocycles. The number of rotatable bonds is 6. The number of carboxylic acid groups (broad SMARTS) is 2. The number of phenolic OH excluding ortho intramolecular Hbond substituents is 2. The first-order valence-corrected chi connectivity index (χ1v) is 22.2. The van der Waals surface area contributed by atoms with E-state index in [1.165, 1.54) is 77.0 Å². The van der Waals surface area contributed by atoms with E-state index in [9.17, 15) is 19.8 Å². The van der Waals surface area contributed by atoms with Crippen molar-refractivity contribution >= 4 is 33.5 Å². The lowest BCUT2D eigenvalue weighted by atomic mass is 9.48. The molecule has 8 bridgehead atoms. The molecule has 6 aromatic rings. The molecule has 14 rings (SSSR count). The quantitative estimate of drug-likeness (QED) is 0.133. The van der Waals surface area contributed by atoms with Crippen LogP contribution in [0.1, 0.15) is 109 Å². The number of fused-ring (bicyclic) bond motifs is 2. The molecule has 6 heteroatoms. The molecular formula is C54H52O6. The van der Waals surface area contributed by atoms with Gasteiger partial charge in [-0.3, -0.25) is 0 Å². The molecule has 60 heavy (non-hydrogen) atoms. The average Bonchev–Trinajstić information content (AvgIpc) is 3.22. The van der Waals surface area contributed by atoms with Crippen molar-refractivity contribution in [1.29, 1.82) is 0 Å². The van der Waals surface area contributed by atoms with Crippen LogP contribution < -0.4 is 0 Å². The van der Waals surface area contributed by atoms with Gasteiger partial charge in [-0.15, -0.1) is 0 Å². The molecule has 4 N–H and O–H groups in total. The van der Waals surface area contributed by atoms with E-state index in [0.29, 0.717) is 22.6 Å². The summed E-state index contributed by atoms with van der Waals surface area (Å²) in [5, 5.41) is 44.6. The second kappa shape index (κ2) is 14.0. The van der Waals surface area contributed by atoms with Crippen molar-refractivity contribution < 1.29 is 30.0 Å². The Morgan fingerprint density at radius 2 is 0.683 bits per heavy atom. The first kappa shape index (κ1) is 37.4. The standard InChI is InChI=1S/2C27H26O3/c2*28-25-12-22-6-5-21(19-1-3-20(4-2-19)26(29)30)10-23(22)11-24(25)27-13-16-7-17(14-27)9-18(8-16)15-27/h2*1-6,10-12,16-18,28H,7-9,13-15H2,(H,29,30). The topological polar surface area (TPSA) is 115 Å². The average molecular weight is 797 g/mol. The molecule has 0 spiro atoms. The number of aromatic hydroxyl groups is 2. The molecule has 0 atom stereocenters. The van der Waals surface area contributed by atoms with Gasteiger partial charge in [-0.2, -0.15) is 0 Å². The molecule has 0 radical (unpaired) electrons. The van der Waals surface area contributed by atoms with Crippen molar-refractivity contribution in [1.82, 2.24) is 0 Å². The van der Waals surface area contributed by atoms with Gasteiger partial charge in [0.05, 0.1) is 11.1 Å². The number of hydrogen-bond donors (Lipinski definition) is 4. The Balaban J connectivity index is 0.000000136. The first-order valence-electron chi connectivity index (χ1n) is 22.2. The summed E-state index contributed by atoms with van der Waals surface area (Å²) in [6.07, 6.45) is 15.7. The summed E-state index contributed by atoms with van der Waals surface area (Å²) in [6, 6.07) is 35.0. The predicted molar refractivity (Wildman–Crippen MR) is 236 cm³/mol. The normalized spacial score (nSPS) is 29.4. The second-order valence-electron chi connectivity index (χ2n) is 20.0. The molecule has 8 aliphatic carbocycles. The van der Waals surface area contributed by atoms with Crippen molar-refractivity contribution in [3.63, 3.8) is 0 Å². The lowest BCUT2D eigenvalue weighted by Crippen LogP contribution is -2.48. The summed E-state index contributed by atoms with van der Waals surface area (Å²) in [7, 11) is 0. The van der Waals surface area contributed by atoms with Crippen LogP contribution in [0.25, 0.3) is 43.8 Å². The van der Waals surface area contributed by atoms with Crippen LogP contribution >= 0.6 is 0 Å². The molecule has 0 unspecified atom stereocenters. The maximum Gasteiger partial charge on any atom is 0.335 e. The maximum absolute atomic E-state index is 11.1. The van der Waals surface area contributed by atoms with E-state index in [4.69, 9.17) is 10.2 Å². The van der Waals surface area contributed by atoms with Crippen molar-refractivity contribution in [2.45, 2.75) is 87.9 Å². The van der Waals surface area contributed by atoms with Crippen LogP contribution in [0.2, 0.25) is 0 Å². The first-order chi connectivity index (χ1) is 29.0.